The Morgan fingerprint density at radius 1 is 0.912 bits per heavy atom. The highest BCUT2D eigenvalue weighted by Gasteiger charge is 2.26. The first-order valence-electron chi connectivity index (χ1n) is 11.5. The summed E-state index contributed by atoms with van der Waals surface area (Å²) in [5.41, 5.74) is 1.66. The summed E-state index contributed by atoms with van der Waals surface area (Å²) in [6.45, 7) is 2.75. The van der Waals surface area contributed by atoms with E-state index in [-0.39, 0.29) is 12.5 Å². The summed E-state index contributed by atoms with van der Waals surface area (Å²) in [7, 11) is 1.65. The van der Waals surface area contributed by atoms with Gasteiger partial charge in [-0.2, -0.15) is 0 Å². The smallest absolute Gasteiger partial charge is 0.260 e. The van der Waals surface area contributed by atoms with Crippen molar-refractivity contribution in [2.24, 2.45) is 4.99 Å². The maximum Gasteiger partial charge on any atom is 0.260 e. The zero-order valence-corrected chi connectivity index (χ0v) is 19.1. The molecular weight excluding hydrogens is 430 g/mol. The molecule has 0 spiro atoms. The molecule has 7 nitrogen and oxygen atoms in total. The van der Waals surface area contributed by atoms with Crippen molar-refractivity contribution in [2.45, 2.75) is 6.42 Å². The fourth-order valence-corrected chi connectivity index (χ4v) is 4.20. The first kappa shape index (κ1) is 21.8. The van der Waals surface area contributed by atoms with Crippen LogP contribution >= 0.6 is 0 Å². The van der Waals surface area contributed by atoms with E-state index < -0.39 is 0 Å². The predicted octanol–water partition coefficient (Wildman–Crippen LogP) is 4.49. The van der Waals surface area contributed by atoms with Gasteiger partial charge in [-0.15, -0.1) is 0 Å². The van der Waals surface area contributed by atoms with Gasteiger partial charge in [-0.3, -0.25) is 4.79 Å². The highest BCUT2D eigenvalue weighted by molar-refractivity contribution is 6.04. The number of carbonyl (C=O) groups is 1. The van der Waals surface area contributed by atoms with Crippen LogP contribution < -0.4 is 14.2 Å². The Kier molecular flexibility index (Phi) is 6.33. The predicted molar refractivity (Wildman–Crippen MR) is 130 cm³/mol. The lowest BCUT2D eigenvalue weighted by Crippen LogP contribution is -2.39. The molecule has 174 valence electrons. The number of fused-ring (bicyclic) bond motifs is 2. The van der Waals surface area contributed by atoms with Crippen LogP contribution in [0.15, 0.2) is 77.8 Å². The molecule has 2 aliphatic rings. The maximum atomic E-state index is 12.8. The van der Waals surface area contributed by atoms with Gasteiger partial charge < -0.3 is 24.0 Å². The highest BCUT2D eigenvalue weighted by Crippen LogP contribution is 2.39. The van der Waals surface area contributed by atoms with Gasteiger partial charge in [-0.05, 0) is 48.9 Å². The molecule has 0 atom stereocenters. The van der Waals surface area contributed by atoms with Gasteiger partial charge in [0.2, 0.25) is 0 Å². The third-order valence-corrected chi connectivity index (χ3v) is 5.99. The Morgan fingerprint density at radius 2 is 1.74 bits per heavy atom. The molecule has 0 bridgehead atoms. The number of amidine groups is 1. The Hall–Kier alpha value is -4.00. The Labute approximate surface area is 199 Å². The first-order valence-corrected chi connectivity index (χ1v) is 11.5. The van der Waals surface area contributed by atoms with E-state index in [1.165, 1.54) is 0 Å². The Morgan fingerprint density at radius 3 is 2.59 bits per heavy atom. The molecule has 0 aliphatic carbocycles. The minimum absolute atomic E-state index is 0.00995. The normalized spacial score (nSPS) is 15.1. The standard InChI is InChI=1S/C27H27N3O4/c1-32-21-12-13-24-22(18-21)27(28-23-10-5-6-11-25(23)34-24)30-15-7-14-29(16-17-30)26(31)19-33-20-8-3-2-4-9-20/h2-6,8-13,18H,7,14-17,19H2,1H3. The van der Waals surface area contributed by atoms with Crippen molar-refractivity contribution in [3.63, 3.8) is 0 Å². The van der Waals surface area contributed by atoms with Crippen molar-refractivity contribution in [3.05, 3.63) is 78.4 Å². The van der Waals surface area contributed by atoms with Crippen molar-refractivity contribution in [3.8, 4) is 23.0 Å². The van der Waals surface area contributed by atoms with E-state index in [1.54, 1.807) is 7.11 Å². The largest absolute Gasteiger partial charge is 0.497 e. The van der Waals surface area contributed by atoms with Gasteiger partial charge in [-0.25, -0.2) is 4.99 Å². The number of carbonyl (C=O) groups excluding carboxylic acids is 1. The lowest BCUT2D eigenvalue weighted by molar-refractivity contribution is -0.133. The van der Waals surface area contributed by atoms with E-state index in [0.29, 0.717) is 31.1 Å². The molecule has 0 unspecified atom stereocenters. The number of hydrogen-bond donors (Lipinski definition) is 0. The number of ether oxygens (including phenoxy) is 3. The fourth-order valence-electron chi connectivity index (χ4n) is 4.20. The first-order chi connectivity index (χ1) is 16.7. The lowest BCUT2D eigenvalue weighted by atomic mass is 10.1. The van der Waals surface area contributed by atoms with Crippen molar-refractivity contribution in [1.29, 1.82) is 0 Å². The van der Waals surface area contributed by atoms with E-state index in [1.807, 2.05) is 77.7 Å². The number of rotatable bonds is 4. The van der Waals surface area contributed by atoms with Gasteiger partial charge in [0.05, 0.1) is 12.7 Å². The molecule has 0 radical (unpaired) electrons. The minimum atomic E-state index is -0.00995. The quantitative estimate of drug-likeness (QED) is 0.578. The highest BCUT2D eigenvalue weighted by atomic mass is 16.5. The molecule has 1 amide bonds. The zero-order valence-electron chi connectivity index (χ0n) is 19.1. The Bertz CT molecular complexity index is 1200. The molecule has 5 rings (SSSR count). The molecule has 1 saturated heterocycles. The summed E-state index contributed by atoms with van der Waals surface area (Å²) >= 11 is 0. The van der Waals surface area contributed by atoms with E-state index >= 15 is 0 Å². The van der Waals surface area contributed by atoms with Gasteiger partial charge in [0.15, 0.2) is 12.4 Å². The fraction of sp³-hybridized carbons (Fsp3) is 0.259. The zero-order chi connectivity index (χ0) is 23.3. The summed E-state index contributed by atoms with van der Waals surface area (Å²) in [5.74, 6) is 3.71. The van der Waals surface area contributed by atoms with Crippen LogP contribution in [0.2, 0.25) is 0 Å². The molecular formula is C27H27N3O4. The lowest BCUT2D eigenvalue weighted by Gasteiger charge is -2.25. The minimum Gasteiger partial charge on any atom is -0.497 e. The van der Waals surface area contributed by atoms with Gasteiger partial charge >= 0.3 is 0 Å². The van der Waals surface area contributed by atoms with Gasteiger partial charge in [0.1, 0.15) is 28.8 Å². The number of hydrogen-bond acceptors (Lipinski definition) is 6. The molecule has 1 fully saturated rings. The molecule has 2 aliphatic heterocycles. The molecule has 0 aromatic heterocycles. The molecule has 3 aromatic rings. The average Bonchev–Trinajstić information content (AvgIpc) is 3.22. The van der Waals surface area contributed by atoms with Gasteiger partial charge in [0, 0.05) is 26.2 Å². The van der Waals surface area contributed by atoms with Crippen LogP contribution in [0, 0.1) is 0 Å². The topological polar surface area (TPSA) is 63.6 Å². The summed E-state index contributed by atoms with van der Waals surface area (Å²) < 4.78 is 17.4. The van der Waals surface area contributed by atoms with Crippen LogP contribution in [0.3, 0.4) is 0 Å². The molecule has 0 saturated carbocycles. The molecule has 2 heterocycles. The summed E-state index contributed by atoms with van der Waals surface area (Å²) in [6, 6.07) is 23.0. The second-order valence-corrected chi connectivity index (χ2v) is 8.19. The summed E-state index contributed by atoms with van der Waals surface area (Å²) in [4.78, 5) is 21.9. The third kappa shape index (κ3) is 4.69. The van der Waals surface area contributed by atoms with Crippen LogP contribution in [0.25, 0.3) is 0 Å². The molecule has 7 heteroatoms. The number of methoxy groups -OCH3 is 1. The second-order valence-electron chi connectivity index (χ2n) is 8.19. The van der Waals surface area contributed by atoms with Gasteiger partial charge in [-0.1, -0.05) is 30.3 Å². The third-order valence-electron chi connectivity index (χ3n) is 5.99. The van der Waals surface area contributed by atoms with E-state index in [9.17, 15) is 4.79 Å². The number of para-hydroxylation sites is 3. The van der Waals surface area contributed by atoms with Gasteiger partial charge in [0.25, 0.3) is 5.91 Å². The number of aliphatic imine (C=N–C) groups is 1. The monoisotopic (exact) mass is 457 g/mol. The average molecular weight is 458 g/mol. The molecule has 0 N–H and O–H groups in total. The SMILES string of the molecule is COc1ccc2c(c1)C(N1CCCN(C(=O)COc3ccccc3)CC1)=Nc1ccccc1O2. The number of nitrogens with zero attached hydrogens (tertiary/aromatic N) is 3. The van der Waals surface area contributed by atoms with Crippen molar-refractivity contribution in [2.75, 3.05) is 39.9 Å². The summed E-state index contributed by atoms with van der Waals surface area (Å²) in [6.07, 6.45) is 0.831. The van der Waals surface area contributed by atoms with Crippen molar-refractivity contribution >= 4 is 17.4 Å². The maximum absolute atomic E-state index is 12.8. The Balaban J connectivity index is 1.36. The van der Waals surface area contributed by atoms with E-state index in [0.717, 1.165) is 41.6 Å². The van der Waals surface area contributed by atoms with E-state index in [2.05, 4.69) is 4.90 Å². The van der Waals surface area contributed by atoms with Crippen molar-refractivity contribution in [1.82, 2.24) is 9.80 Å². The van der Waals surface area contributed by atoms with Crippen LogP contribution in [0.5, 0.6) is 23.0 Å². The van der Waals surface area contributed by atoms with Crippen molar-refractivity contribution < 1.29 is 19.0 Å². The molecule has 3 aromatic carbocycles. The summed E-state index contributed by atoms with van der Waals surface area (Å²) in [5, 5.41) is 0. The molecule has 34 heavy (non-hydrogen) atoms. The second kappa shape index (κ2) is 9.87. The van der Waals surface area contributed by atoms with Crippen LogP contribution in [0.4, 0.5) is 5.69 Å². The van der Waals surface area contributed by atoms with Crippen LogP contribution in [0.1, 0.15) is 12.0 Å². The number of benzene rings is 3. The number of amides is 1. The van der Waals surface area contributed by atoms with E-state index in [4.69, 9.17) is 19.2 Å². The van der Waals surface area contributed by atoms with Crippen LogP contribution in [-0.4, -0.2) is 61.4 Å². The van der Waals surface area contributed by atoms with Crippen LogP contribution in [-0.2, 0) is 4.79 Å².